The monoisotopic (exact) mass is 1010 g/mol. The SMILES string of the molecule is CCO[Si](CCCNC(=O)Nc1cc(N(CC)CC)ccc1-c1nc(-c2cc(C)c(O)c(C)c2)[nH]c1-c1ccc(N(CC)CC)cc1NC(=O)NCCC[Si](OCC)(OCC)OCC)(OCC)OCC. The molecule has 4 rings (SSSR count). The average Bonchev–Trinajstić information content (AvgIpc) is 3.77. The molecule has 1 aromatic heterocycles. The van der Waals surface area contributed by atoms with Gasteiger partial charge in [-0.25, -0.2) is 14.6 Å². The van der Waals surface area contributed by atoms with Crippen LogP contribution in [0.5, 0.6) is 5.75 Å². The highest BCUT2D eigenvalue weighted by molar-refractivity contribution is 6.61. The van der Waals surface area contributed by atoms with E-state index in [1.165, 1.54) is 0 Å². The van der Waals surface area contributed by atoms with Crippen molar-refractivity contribution in [2.24, 2.45) is 0 Å². The number of aryl methyl sites for hydroxylation is 2. The standard InChI is InChI=1S/C51H82N8O9Si2/c1-13-58(14-2)40-25-27-42(44(35-40)54-50(61)52-29-23-31-69(63-17-5,64-18-6)65-19-7)46-47(57-49(56-46)39-33-37(11)48(60)38(12)34-39)43-28-26-41(59(15-3)16-4)36-45(43)55-51(62)53-30-24-32-70(66-20-8,67-21-9)68-22-10/h25-28,33-36,60H,13-24,29-32H2,1-12H3,(H,56,57)(H2,52,54,61)(H2,53,55,62). The minimum absolute atomic E-state index is 0.216. The first kappa shape index (κ1) is 57.6. The van der Waals surface area contributed by atoms with Gasteiger partial charge < -0.3 is 67.7 Å². The maximum atomic E-state index is 14.0. The first-order valence-electron chi connectivity index (χ1n) is 25.4. The number of benzene rings is 3. The minimum atomic E-state index is -2.90. The van der Waals surface area contributed by atoms with Gasteiger partial charge in [0.2, 0.25) is 0 Å². The summed E-state index contributed by atoms with van der Waals surface area (Å²) in [7, 11) is -5.80. The second-order valence-corrected chi connectivity index (χ2v) is 22.0. The molecule has 17 nitrogen and oxygen atoms in total. The normalized spacial score (nSPS) is 11.7. The molecular formula is C51H82N8O9Si2. The van der Waals surface area contributed by atoms with E-state index in [4.69, 9.17) is 31.5 Å². The van der Waals surface area contributed by atoms with Gasteiger partial charge in [-0.3, -0.25) is 0 Å². The van der Waals surface area contributed by atoms with Crippen molar-refractivity contribution in [3.05, 3.63) is 59.7 Å². The van der Waals surface area contributed by atoms with Crippen molar-refractivity contribution in [3.63, 3.8) is 0 Å². The van der Waals surface area contributed by atoms with Gasteiger partial charge in [-0.15, -0.1) is 0 Å². The number of aromatic hydroxyl groups is 1. The van der Waals surface area contributed by atoms with E-state index in [-0.39, 0.29) is 17.8 Å². The van der Waals surface area contributed by atoms with Crippen LogP contribution in [-0.2, 0) is 26.6 Å². The van der Waals surface area contributed by atoms with E-state index in [1.807, 2.05) is 104 Å². The van der Waals surface area contributed by atoms with Crippen LogP contribution in [-0.4, -0.2) is 124 Å². The van der Waals surface area contributed by atoms with Gasteiger partial charge in [0.1, 0.15) is 11.6 Å². The maximum absolute atomic E-state index is 14.0. The molecule has 0 bridgehead atoms. The highest BCUT2D eigenvalue weighted by atomic mass is 28.4. The third-order valence-corrected chi connectivity index (χ3v) is 18.1. The van der Waals surface area contributed by atoms with Gasteiger partial charge in [-0.2, -0.15) is 0 Å². The van der Waals surface area contributed by atoms with Crippen LogP contribution in [0, 0.1) is 13.8 Å². The van der Waals surface area contributed by atoms with Crippen LogP contribution in [0.25, 0.3) is 33.9 Å². The molecule has 0 fully saturated rings. The topological polar surface area (TPSA) is 193 Å². The quantitative estimate of drug-likeness (QED) is 0.0207. The molecule has 4 amide bonds. The van der Waals surface area contributed by atoms with E-state index in [0.29, 0.717) is 129 Å². The van der Waals surface area contributed by atoms with Gasteiger partial charge in [0.15, 0.2) is 0 Å². The van der Waals surface area contributed by atoms with E-state index in [9.17, 15) is 14.7 Å². The van der Waals surface area contributed by atoms with Gasteiger partial charge in [-0.1, -0.05) is 0 Å². The summed E-state index contributed by atoms with van der Waals surface area (Å²) in [4.78, 5) is 41.2. The summed E-state index contributed by atoms with van der Waals surface area (Å²) in [6.45, 7) is 30.3. The number of nitrogens with zero attached hydrogens (tertiary/aromatic N) is 3. The molecule has 3 aromatic carbocycles. The Morgan fingerprint density at radius 1 is 0.586 bits per heavy atom. The van der Waals surface area contributed by atoms with E-state index in [1.54, 1.807) is 0 Å². The predicted molar refractivity (Wildman–Crippen MR) is 287 cm³/mol. The van der Waals surface area contributed by atoms with Crippen molar-refractivity contribution < 1.29 is 41.3 Å². The van der Waals surface area contributed by atoms with Crippen molar-refractivity contribution in [2.45, 2.75) is 108 Å². The molecule has 1 heterocycles. The number of amides is 4. The number of hydrogen-bond donors (Lipinski definition) is 6. The van der Waals surface area contributed by atoms with Gasteiger partial charge in [0, 0.05) is 119 Å². The summed E-state index contributed by atoms with van der Waals surface area (Å²) in [5, 5.41) is 23.2. The average molecular weight is 1010 g/mol. The zero-order valence-electron chi connectivity index (χ0n) is 44.0. The van der Waals surface area contributed by atoms with Crippen LogP contribution in [0.15, 0.2) is 48.5 Å². The molecule has 0 saturated carbocycles. The number of anilines is 4. The lowest BCUT2D eigenvalue weighted by Crippen LogP contribution is -2.46. The number of phenolic OH excluding ortho intramolecular Hbond substituents is 1. The van der Waals surface area contributed by atoms with Crippen LogP contribution in [0.1, 0.15) is 93.2 Å². The molecule has 6 N–H and O–H groups in total. The van der Waals surface area contributed by atoms with Crippen molar-refractivity contribution in [1.29, 1.82) is 0 Å². The van der Waals surface area contributed by atoms with Gasteiger partial charge >= 0.3 is 29.7 Å². The number of H-pyrrole nitrogens is 1. The first-order valence-corrected chi connectivity index (χ1v) is 29.2. The second kappa shape index (κ2) is 28.8. The zero-order chi connectivity index (χ0) is 51.3. The van der Waals surface area contributed by atoms with Crippen molar-refractivity contribution >= 4 is 52.4 Å². The van der Waals surface area contributed by atoms with Gasteiger partial charge in [0.05, 0.1) is 22.8 Å². The Morgan fingerprint density at radius 2 is 0.971 bits per heavy atom. The number of nitrogens with one attached hydrogen (secondary N) is 5. The van der Waals surface area contributed by atoms with Crippen LogP contribution in [0.4, 0.5) is 32.3 Å². The summed E-state index contributed by atoms with van der Waals surface area (Å²) in [5.41, 5.74) is 7.61. The molecular weight excluding hydrogens is 925 g/mol. The Labute approximate surface area is 419 Å². The molecule has 0 aliphatic heterocycles. The fourth-order valence-corrected chi connectivity index (χ4v) is 13.8. The molecule has 0 aliphatic rings. The largest absolute Gasteiger partial charge is 0.507 e. The molecule has 0 aliphatic carbocycles. The third-order valence-electron chi connectivity index (χ3n) is 11.8. The molecule has 19 heteroatoms. The molecule has 388 valence electrons. The number of imidazole rings is 1. The first-order chi connectivity index (χ1) is 33.7. The Balaban J connectivity index is 1.83. The molecule has 0 saturated heterocycles. The number of phenols is 1. The van der Waals surface area contributed by atoms with Crippen LogP contribution in [0.3, 0.4) is 0 Å². The summed E-state index contributed by atoms with van der Waals surface area (Å²) >= 11 is 0. The van der Waals surface area contributed by atoms with Crippen LogP contribution >= 0.6 is 0 Å². The maximum Gasteiger partial charge on any atom is 0.500 e. The number of carbonyl (C=O) groups is 2. The minimum Gasteiger partial charge on any atom is -0.507 e. The van der Waals surface area contributed by atoms with Crippen molar-refractivity contribution in [3.8, 4) is 39.7 Å². The van der Waals surface area contributed by atoms with Crippen LogP contribution in [0.2, 0.25) is 12.1 Å². The lowest BCUT2D eigenvalue weighted by Gasteiger charge is -2.28. The Bertz CT molecular complexity index is 2070. The Kier molecular flexibility index (Phi) is 23.7. The molecule has 0 radical (unpaired) electrons. The summed E-state index contributed by atoms with van der Waals surface area (Å²) in [6.07, 6.45) is 1.18. The summed E-state index contributed by atoms with van der Waals surface area (Å²) in [6, 6.07) is 16.1. The Morgan fingerprint density at radius 3 is 1.36 bits per heavy atom. The van der Waals surface area contributed by atoms with E-state index < -0.39 is 17.6 Å². The molecule has 0 spiro atoms. The number of rotatable bonds is 31. The molecule has 0 unspecified atom stereocenters. The summed E-state index contributed by atoms with van der Waals surface area (Å²) in [5.74, 6) is 0.756. The van der Waals surface area contributed by atoms with Crippen LogP contribution < -0.4 is 31.1 Å². The van der Waals surface area contributed by atoms with Crippen molar-refractivity contribution in [2.75, 3.05) is 99.3 Å². The molecule has 0 atom stereocenters. The lowest BCUT2D eigenvalue weighted by molar-refractivity contribution is 0.0701. The lowest BCUT2D eigenvalue weighted by atomic mass is 10.0. The predicted octanol–water partition coefficient (Wildman–Crippen LogP) is 10.5. The van der Waals surface area contributed by atoms with E-state index in [2.05, 4.69) is 63.7 Å². The molecule has 70 heavy (non-hydrogen) atoms. The Hall–Kier alpha value is -5.00. The number of urea groups is 2. The fraction of sp³-hybridized carbons (Fsp3) is 0.549. The van der Waals surface area contributed by atoms with E-state index >= 15 is 0 Å². The highest BCUT2D eigenvalue weighted by Crippen LogP contribution is 2.42. The highest BCUT2D eigenvalue weighted by Gasteiger charge is 2.40. The van der Waals surface area contributed by atoms with E-state index in [0.717, 1.165) is 43.1 Å². The number of aromatic nitrogens is 2. The van der Waals surface area contributed by atoms with Gasteiger partial charge in [-0.05, 0) is 156 Å². The number of hydrogen-bond acceptors (Lipinski definition) is 12. The second-order valence-electron chi connectivity index (χ2n) is 16.5. The fourth-order valence-electron chi connectivity index (χ4n) is 8.61. The van der Waals surface area contributed by atoms with Crippen molar-refractivity contribution in [1.82, 2.24) is 20.6 Å². The summed E-state index contributed by atoms with van der Waals surface area (Å²) < 4.78 is 36.3. The molecule has 4 aromatic rings. The zero-order valence-corrected chi connectivity index (χ0v) is 46.0. The third kappa shape index (κ3) is 15.5. The number of aromatic amines is 1. The smallest absolute Gasteiger partial charge is 0.500 e. The number of carbonyl (C=O) groups excluding carboxylic acids is 2. The van der Waals surface area contributed by atoms with Gasteiger partial charge in [0.25, 0.3) is 0 Å².